The van der Waals surface area contributed by atoms with E-state index in [0.717, 1.165) is 11.4 Å². The molecule has 0 saturated carbocycles. The molecule has 1 aromatic heterocycles. The second-order valence-electron chi connectivity index (χ2n) is 4.57. The van der Waals surface area contributed by atoms with E-state index in [2.05, 4.69) is 39.8 Å². The maximum Gasteiger partial charge on any atom is 0.146 e. The molecule has 0 saturated heterocycles. The van der Waals surface area contributed by atoms with Crippen LogP contribution < -0.4 is 5.43 Å². The Labute approximate surface area is 124 Å². The van der Waals surface area contributed by atoms with E-state index < -0.39 is 0 Å². The zero-order chi connectivity index (χ0) is 14.3. The maximum absolute atomic E-state index is 4.18. The van der Waals surface area contributed by atoms with E-state index in [9.17, 15) is 0 Å². The number of hydrogen-bond donors (Lipinski definition) is 1. The van der Waals surface area contributed by atoms with E-state index in [0.29, 0.717) is 0 Å². The number of hydrogen-bond acceptors (Lipinski definition) is 3. The summed E-state index contributed by atoms with van der Waals surface area (Å²) in [6.45, 7) is 0. The molecule has 0 amide bonds. The second-order valence-corrected chi connectivity index (χ2v) is 4.57. The van der Waals surface area contributed by atoms with E-state index in [4.69, 9.17) is 0 Å². The van der Waals surface area contributed by atoms with Crippen molar-refractivity contribution >= 4 is 12.0 Å². The van der Waals surface area contributed by atoms with Gasteiger partial charge >= 0.3 is 0 Å². The molecule has 0 spiro atoms. The summed E-state index contributed by atoms with van der Waals surface area (Å²) < 4.78 is 0. The first kappa shape index (κ1) is 13.1. The number of benzene rings is 2. The first-order valence-electron chi connectivity index (χ1n) is 6.77. The van der Waals surface area contributed by atoms with Crippen molar-refractivity contribution in [2.24, 2.45) is 5.10 Å². The molecule has 1 N–H and O–H groups in total. The molecule has 3 rings (SSSR count). The highest BCUT2D eigenvalue weighted by Gasteiger charge is 1.96. The Bertz CT molecular complexity index is 704. The minimum atomic E-state index is 0.731. The average molecular weight is 273 g/mol. The van der Waals surface area contributed by atoms with Gasteiger partial charge in [0.25, 0.3) is 0 Å². The Morgan fingerprint density at radius 1 is 0.762 bits per heavy atom. The van der Waals surface area contributed by atoms with Gasteiger partial charge in [0.05, 0.1) is 6.21 Å². The molecular weight excluding hydrogens is 258 g/mol. The molecule has 0 aliphatic rings. The first-order valence-corrected chi connectivity index (χ1v) is 6.77. The second kappa shape index (κ2) is 6.48. The zero-order valence-corrected chi connectivity index (χ0v) is 11.5. The fourth-order valence-corrected chi connectivity index (χ4v) is 1.99. The predicted molar refractivity (Wildman–Crippen MR) is 87.3 cm³/mol. The van der Waals surface area contributed by atoms with Crippen molar-refractivity contribution in [3.8, 4) is 11.1 Å². The van der Waals surface area contributed by atoms with E-state index >= 15 is 0 Å². The van der Waals surface area contributed by atoms with Crippen molar-refractivity contribution in [2.75, 3.05) is 5.43 Å². The third kappa shape index (κ3) is 3.54. The highest BCUT2D eigenvalue weighted by Crippen LogP contribution is 2.18. The zero-order valence-electron chi connectivity index (χ0n) is 11.5. The van der Waals surface area contributed by atoms with Crippen LogP contribution in [-0.2, 0) is 0 Å². The summed E-state index contributed by atoms with van der Waals surface area (Å²) >= 11 is 0. The van der Waals surface area contributed by atoms with Crippen LogP contribution in [-0.4, -0.2) is 11.2 Å². The van der Waals surface area contributed by atoms with Gasteiger partial charge in [-0.3, -0.25) is 5.43 Å². The van der Waals surface area contributed by atoms with Gasteiger partial charge in [-0.05, 0) is 28.8 Å². The van der Waals surface area contributed by atoms with Gasteiger partial charge in [-0.15, -0.1) is 0 Å². The number of anilines is 1. The van der Waals surface area contributed by atoms with Crippen LogP contribution in [0.3, 0.4) is 0 Å². The lowest BCUT2D eigenvalue weighted by Crippen LogP contribution is -1.92. The Balaban J connectivity index is 1.67. The van der Waals surface area contributed by atoms with Crippen molar-refractivity contribution < 1.29 is 0 Å². The lowest BCUT2D eigenvalue weighted by atomic mass is 10.0. The highest BCUT2D eigenvalue weighted by molar-refractivity contribution is 5.81. The van der Waals surface area contributed by atoms with Crippen LogP contribution >= 0.6 is 0 Å². The Hall–Kier alpha value is -2.94. The van der Waals surface area contributed by atoms with Gasteiger partial charge in [0.2, 0.25) is 0 Å². The van der Waals surface area contributed by atoms with Gasteiger partial charge in [0.1, 0.15) is 5.82 Å². The number of rotatable bonds is 4. The molecule has 0 fully saturated rings. The molecule has 3 nitrogen and oxygen atoms in total. The highest BCUT2D eigenvalue weighted by atomic mass is 15.3. The third-order valence-electron chi connectivity index (χ3n) is 3.08. The number of hydrazone groups is 1. The molecule has 3 aromatic rings. The van der Waals surface area contributed by atoms with Gasteiger partial charge < -0.3 is 0 Å². The van der Waals surface area contributed by atoms with E-state index in [-0.39, 0.29) is 0 Å². The summed E-state index contributed by atoms with van der Waals surface area (Å²) in [5.41, 5.74) is 6.35. The SMILES string of the molecule is C(=NNc1ccccn1)c1ccc(-c2ccccc2)cc1. The smallest absolute Gasteiger partial charge is 0.146 e. The third-order valence-corrected chi connectivity index (χ3v) is 3.08. The molecule has 102 valence electrons. The summed E-state index contributed by atoms with van der Waals surface area (Å²) in [6.07, 6.45) is 3.51. The van der Waals surface area contributed by atoms with Crippen molar-refractivity contribution in [3.05, 3.63) is 84.6 Å². The molecule has 0 unspecified atom stereocenters. The molecule has 3 heteroatoms. The normalized spacial score (nSPS) is 10.7. The van der Waals surface area contributed by atoms with Crippen molar-refractivity contribution in [1.82, 2.24) is 4.98 Å². The first-order chi connectivity index (χ1) is 10.4. The number of pyridine rings is 1. The summed E-state index contributed by atoms with van der Waals surface area (Å²) in [7, 11) is 0. The van der Waals surface area contributed by atoms with Crippen LogP contribution in [0.5, 0.6) is 0 Å². The van der Waals surface area contributed by atoms with Gasteiger partial charge in [-0.25, -0.2) is 4.98 Å². The molecule has 0 aliphatic carbocycles. The molecule has 0 aliphatic heterocycles. The summed E-state index contributed by atoms with van der Waals surface area (Å²) in [5.74, 6) is 0.731. The largest absolute Gasteiger partial charge is 0.261 e. The monoisotopic (exact) mass is 273 g/mol. The molecular formula is C18H15N3. The van der Waals surface area contributed by atoms with Gasteiger partial charge in [0.15, 0.2) is 0 Å². The molecule has 0 atom stereocenters. The van der Waals surface area contributed by atoms with E-state index in [1.165, 1.54) is 11.1 Å². The van der Waals surface area contributed by atoms with Crippen LogP contribution in [0.4, 0.5) is 5.82 Å². The van der Waals surface area contributed by atoms with Crippen molar-refractivity contribution in [2.45, 2.75) is 0 Å². The Morgan fingerprint density at radius 2 is 1.48 bits per heavy atom. The molecule has 0 bridgehead atoms. The van der Waals surface area contributed by atoms with Crippen molar-refractivity contribution in [1.29, 1.82) is 0 Å². The summed E-state index contributed by atoms with van der Waals surface area (Å²) in [4.78, 5) is 4.14. The van der Waals surface area contributed by atoms with Crippen LogP contribution in [0.25, 0.3) is 11.1 Å². The minimum absolute atomic E-state index is 0.731. The lowest BCUT2D eigenvalue weighted by Gasteiger charge is -2.02. The van der Waals surface area contributed by atoms with E-state index in [1.54, 1.807) is 12.4 Å². The molecule has 1 heterocycles. The fraction of sp³-hybridized carbons (Fsp3) is 0. The van der Waals surface area contributed by atoms with Gasteiger partial charge in [0, 0.05) is 6.20 Å². The molecule has 21 heavy (non-hydrogen) atoms. The molecule has 2 aromatic carbocycles. The maximum atomic E-state index is 4.18. The number of aromatic nitrogens is 1. The lowest BCUT2D eigenvalue weighted by molar-refractivity contribution is 1.23. The van der Waals surface area contributed by atoms with Gasteiger partial charge in [-0.2, -0.15) is 5.10 Å². The van der Waals surface area contributed by atoms with Crippen LogP contribution in [0, 0.1) is 0 Å². The quantitative estimate of drug-likeness (QED) is 0.571. The summed E-state index contributed by atoms with van der Waals surface area (Å²) in [6, 6.07) is 24.3. The number of nitrogens with one attached hydrogen (secondary N) is 1. The fourth-order valence-electron chi connectivity index (χ4n) is 1.99. The van der Waals surface area contributed by atoms with Crippen LogP contribution in [0.1, 0.15) is 5.56 Å². The van der Waals surface area contributed by atoms with E-state index in [1.807, 2.05) is 48.5 Å². The Morgan fingerprint density at radius 3 is 2.19 bits per heavy atom. The standard InChI is InChI=1S/C18H15N3/c1-2-6-16(7-3-1)17-11-9-15(10-12-17)14-20-21-18-8-4-5-13-19-18/h1-14H,(H,19,21). The predicted octanol–water partition coefficient (Wildman–Crippen LogP) is 4.19. The molecule has 0 radical (unpaired) electrons. The topological polar surface area (TPSA) is 37.3 Å². The van der Waals surface area contributed by atoms with Crippen LogP contribution in [0.15, 0.2) is 84.1 Å². The number of nitrogens with zero attached hydrogens (tertiary/aromatic N) is 2. The Kier molecular flexibility index (Phi) is 4.03. The average Bonchev–Trinajstić information content (AvgIpc) is 2.57. The summed E-state index contributed by atoms with van der Waals surface area (Å²) in [5, 5.41) is 4.18. The minimum Gasteiger partial charge on any atom is -0.261 e. The van der Waals surface area contributed by atoms with Gasteiger partial charge in [-0.1, -0.05) is 60.7 Å². The van der Waals surface area contributed by atoms with Crippen LogP contribution in [0.2, 0.25) is 0 Å². The van der Waals surface area contributed by atoms with Crippen molar-refractivity contribution in [3.63, 3.8) is 0 Å².